The van der Waals surface area contributed by atoms with Gasteiger partial charge < -0.3 is 14.0 Å². The van der Waals surface area contributed by atoms with Gasteiger partial charge >= 0.3 is 7.12 Å². The summed E-state index contributed by atoms with van der Waals surface area (Å²) in [5.41, 5.74) is 0.361. The van der Waals surface area contributed by atoms with E-state index in [1.54, 1.807) is 0 Å². The Morgan fingerprint density at radius 2 is 1.56 bits per heavy atom. The fourth-order valence-electron chi connectivity index (χ4n) is 2.99. The third kappa shape index (κ3) is 5.22. The van der Waals surface area contributed by atoms with Gasteiger partial charge in [-0.2, -0.15) is 0 Å². The maximum absolute atomic E-state index is 6.13. The van der Waals surface area contributed by atoms with Crippen LogP contribution in [-0.2, 0) is 9.31 Å². The summed E-state index contributed by atoms with van der Waals surface area (Å²) in [5.74, 6) is 0.875. The second-order valence-corrected chi connectivity index (χ2v) is 7.85. The van der Waals surface area contributed by atoms with E-state index in [1.807, 2.05) is 24.3 Å². The van der Waals surface area contributed by atoms with Gasteiger partial charge in [0.2, 0.25) is 0 Å². The number of nitrogens with zero attached hydrogens (tertiary/aromatic N) is 1. The Kier molecular flexibility index (Phi) is 6.95. The highest BCUT2D eigenvalue weighted by atomic mass is 16.7. The van der Waals surface area contributed by atoms with Crippen molar-refractivity contribution in [1.29, 1.82) is 0 Å². The van der Waals surface area contributed by atoms with Crippen molar-refractivity contribution in [3.8, 4) is 5.75 Å². The molecule has 140 valence electrons. The highest BCUT2D eigenvalue weighted by molar-refractivity contribution is 6.62. The second-order valence-electron chi connectivity index (χ2n) is 7.85. The van der Waals surface area contributed by atoms with Crippen LogP contribution in [-0.4, -0.2) is 49.5 Å². The molecule has 0 unspecified atom stereocenters. The van der Waals surface area contributed by atoms with Crippen LogP contribution in [0.15, 0.2) is 24.3 Å². The normalized spacial score (nSPS) is 18.8. The molecule has 1 aromatic carbocycles. The molecule has 4 nitrogen and oxygen atoms in total. The summed E-state index contributed by atoms with van der Waals surface area (Å²) >= 11 is 0. The molecule has 1 heterocycles. The minimum Gasteiger partial charge on any atom is -0.492 e. The molecule has 1 saturated heterocycles. The standard InChI is InChI=1S/C20H34BNO3/c1-7-12-22(13-8-2)14-15-23-18-11-9-10-17(16-18)21-24-19(3,4)20(5,6)25-21/h9-11,16H,7-8,12-15H2,1-6H3. The first-order chi connectivity index (χ1) is 11.8. The summed E-state index contributed by atoms with van der Waals surface area (Å²) < 4.78 is 18.2. The van der Waals surface area contributed by atoms with Crippen molar-refractivity contribution >= 4 is 12.6 Å². The van der Waals surface area contributed by atoms with Crippen molar-refractivity contribution in [2.45, 2.75) is 65.6 Å². The zero-order valence-corrected chi connectivity index (χ0v) is 16.8. The minimum absolute atomic E-state index is 0.324. The van der Waals surface area contributed by atoms with Crippen LogP contribution in [0.4, 0.5) is 0 Å². The molecule has 1 aromatic rings. The predicted octanol–water partition coefficient (Wildman–Crippen LogP) is 3.49. The van der Waals surface area contributed by atoms with E-state index >= 15 is 0 Å². The third-order valence-electron chi connectivity index (χ3n) is 5.14. The van der Waals surface area contributed by atoms with E-state index in [-0.39, 0.29) is 18.3 Å². The molecule has 0 N–H and O–H groups in total. The third-order valence-corrected chi connectivity index (χ3v) is 5.14. The second kappa shape index (κ2) is 8.57. The van der Waals surface area contributed by atoms with Crippen molar-refractivity contribution in [3.05, 3.63) is 24.3 Å². The summed E-state index contributed by atoms with van der Waals surface area (Å²) in [6, 6.07) is 8.08. The van der Waals surface area contributed by atoms with Crippen molar-refractivity contribution in [2.24, 2.45) is 0 Å². The fraction of sp³-hybridized carbons (Fsp3) is 0.700. The molecule has 0 amide bonds. The lowest BCUT2D eigenvalue weighted by Crippen LogP contribution is -2.41. The molecule has 1 aliphatic rings. The van der Waals surface area contributed by atoms with Gasteiger partial charge in [-0.3, -0.25) is 4.90 Å². The Labute approximate surface area is 154 Å². The number of rotatable bonds is 9. The molecule has 2 rings (SSSR count). The molecule has 1 aliphatic heterocycles. The van der Waals surface area contributed by atoms with E-state index in [2.05, 4.69) is 46.4 Å². The highest BCUT2D eigenvalue weighted by Gasteiger charge is 2.51. The van der Waals surface area contributed by atoms with Crippen molar-refractivity contribution < 1.29 is 14.0 Å². The van der Waals surface area contributed by atoms with Gasteiger partial charge in [0.25, 0.3) is 0 Å². The van der Waals surface area contributed by atoms with Gasteiger partial charge in [0.05, 0.1) is 11.2 Å². The Morgan fingerprint density at radius 3 is 2.12 bits per heavy atom. The summed E-state index contributed by atoms with van der Waals surface area (Å²) in [6.45, 7) is 16.7. The molecule has 0 atom stereocenters. The number of hydrogen-bond donors (Lipinski definition) is 0. The lowest BCUT2D eigenvalue weighted by molar-refractivity contribution is 0.00578. The fourth-order valence-corrected chi connectivity index (χ4v) is 2.99. The van der Waals surface area contributed by atoms with Gasteiger partial charge in [-0.1, -0.05) is 26.0 Å². The molecule has 0 saturated carbocycles. The Balaban J connectivity index is 1.93. The SMILES string of the molecule is CCCN(CCC)CCOc1cccc(B2OC(C)(C)C(C)(C)O2)c1. The van der Waals surface area contributed by atoms with Crippen molar-refractivity contribution in [1.82, 2.24) is 4.90 Å². The number of hydrogen-bond acceptors (Lipinski definition) is 4. The van der Waals surface area contributed by atoms with E-state index in [0.29, 0.717) is 6.61 Å². The average Bonchev–Trinajstić information content (AvgIpc) is 2.76. The molecule has 0 spiro atoms. The molecule has 25 heavy (non-hydrogen) atoms. The first-order valence-electron chi connectivity index (χ1n) is 9.60. The molecule has 0 bridgehead atoms. The Morgan fingerprint density at radius 1 is 0.960 bits per heavy atom. The largest absolute Gasteiger partial charge is 0.494 e. The van der Waals surface area contributed by atoms with Crippen LogP contribution >= 0.6 is 0 Å². The van der Waals surface area contributed by atoms with Crippen LogP contribution in [0, 0.1) is 0 Å². The highest BCUT2D eigenvalue weighted by Crippen LogP contribution is 2.36. The lowest BCUT2D eigenvalue weighted by Gasteiger charge is -2.32. The van der Waals surface area contributed by atoms with Crippen LogP contribution in [0.5, 0.6) is 5.75 Å². The average molecular weight is 347 g/mol. The topological polar surface area (TPSA) is 30.9 Å². The molecule has 0 aromatic heterocycles. The van der Waals surface area contributed by atoms with Gasteiger partial charge in [0.15, 0.2) is 0 Å². The van der Waals surface area contributed by atoms with Crippen molar-refractivity contribution in [2.75, 3.05) is 26.2 Å². The van der Waals surface area contributed by atoms with Crippen LogP contribution < -0.4 is 10.2 Å². The van der Waals surface area contributed by atoms with Gasteiger partial charge in [0, 0.05) is 6.54 Å². The summed E-state index contributed by atoms with van der Waals surface area (Å²) in [5, 5.41) is 0. The summed E-state index contributed by atoms with van der Waals surface area (Å²) in [7, 11) is -0.342. The van der Waals surface area contributed by atoms with Gasteiger partial charge in [0.1, 0.15) is 12.4 Å². The zero-order chi connectivity index (χ0) is 18.5. The maximum atomic E-state index is 6.13. The first-order valence-corrected chi connectivity index (χ1v) is 9.60. The first kappa shape index (κ1) is 20.3. The molecule has 5 heteroatoms. The molecular weight excluding hydrogens is 313 g/mol. The molecule has 0 aliphatic carbocycles. The number of benzene rings is 1. The van der Waals surface area contributed by atoms with E-state index in [1.165, 1.54) is 12.8 Å². The van der Waals surface area contributed by atoms with Crippen molar-refractivity contribution in [3.63, 3.8) is 0 Å². The lowest BCUT2D eigenvalue weighted by atomic mass is 9.79. The Hall–Kier alpha value is -1.04. The number of ether oxygens (including phenoxy) is 1. The maximum Gasteiger partial charge on any atom is 0.494 e. The molecule has 0 radical (unpaired) electrons. The predicted molar refractivity (Wildman–Crippen MR) is 105 cm³/mol. The summed E-state index contributed by atoms with van der Waals surface area (Å²) in [6.07, 6.45) is 2.36. The quantitative estimate of drug-likeness (QED) is 0.640. The Bertz CT molecular complexity index is 525. The smallest absolute Gasteiger partial charge is 0.492 e. The van der Waals surface area contributed by atoms with E-state index in [4.69, 9.17) is 14.0 Å². The minimum atomic E-state index is -0.342. The molecule has 1 fully saturated rings. The van der Waals surface area contributed by atoms with Gasteiger partial charge in [-0.25, -0.2) is 0 Å². The summed E-state index contributed by atoms with van der Waals surface area (Å²) in [4.78, 5) is 2.46. The van der Waals surface area contributed by atoms with E-state index < -0.39 is 0 Å². The van der Waals surface area contributed by atoms with Gasteiger partial charge in [-0.05, 0) is 71.2 Å². The van der Waals surface area contributed by atoms with E-state index in [9.17, 15) is 0 Å². The van der Waals surface area contributed by atoms with Gasteiger partial charge in [-0.15, -0.1) is 0 Å². The zero-order valence-electron chi connectivity index (χ0n) is 16.8. The monoisotopic (exact) mass is 347 g/mol. The van der Waals surface area contributed by atoms with E-state index in [0.717, 1.165) is 30.8 Å². The van der Waals surface area contributed by atoms with Crippen LogP contribution in [0.3, 0.4) is 0 Å². The van der Waals surface area contributed by atoms with Crippen LogP contribution in [0.1, 0.15) is 54.4 Å². The van der Waals surface area contributed by atoms with Crippen LogP contribution in [0.25, 0.3) is 0 Å². The van der Waals surface area contributed by atoms with Crippen LogP contribution in [0.2, 0.25) is 0 Å². The molecular formula is C20H34BNO3.